The molecule has 0 atom stereocenters. The number of fused-ring (bicyclic) bond motifs is 3. The summed E-state index contributed by atoms with van der Waals surface area (Å²) in [5, 5.41) is 0.760. The predicted molar refractivity (Wildman–Crippen MR) is 124 cm³/mol. The standard InChI is InChI=1S/C27H21NO6/c1-15-3-5-16(6-4-15)12-31-24-11-19-18(10-22(24)30-2)25(26-20(28-19)13-32-27(26)29)17-7-8-21-23(9-17)34-14-33-21/h3-11H,12-14H2,1-2H3. The fourth-order valence-electron chi connectivity index (χ4n) is 4.32. The van der Waals surface area contributed by atoms with E-state index >= 15 is 0 Å². The van der Waals surface area contributed by atoms with Gasteiger partial charge in [0.2, 0.25) is 6.79 Å². The van der Waals surface area contributed by atoms with Crippen LogP contribution in [0.25, 0.3) is 22.0 Å². The molecule has 0 saturated carbocycles. The molecule has 2 aliphatic heterocycles. The smallest absolute Gasteiger partial charge is 0.341 e. The second-order valence-corrected chi connectivity index (χ2v) is 8.25. The molecule has 0 bridgehead atoms. The number of benzene rings is 3. The van der Waals surface area contributed by atoms with Crippen LogP contribution in [-0.2, 0) is 18.0 Å². The highest BCUT2D eigenvalue weighted by molar-refractivity contribution is 6.09. The summed E-state index contributed by atoms with van der Waals surface area (Å²) >= 11 is 0. The molecule has 0 amide bonds. The Balaban J connectivity index is 1.49. The van der Waals surface area contributed by atoms with Gasteiger partial charge >= 0.3 is 5.97 Å². The molecular formula is C27H21NO6. The fourth-order valence-corrected chi connectivity index (χ4v) is 4.32. The second-order valence-electron chi connectivity index (χ2n) is 8.25. The molecular weight excluding hydrogens is 434 g/mol. The molecule has 2 aliphatic rings. The maximum atomic E-state index is 12.7. The number of esters is 1. The number of hydrogen-bond donors (Lipinski definition) is 0. The summed E-state index contributed by atoms with van der Waals surface area (Å²) in [5.74, 6) is 2.04. The van der Waals surface area contributed by atoms with Crippen LogP contribution in [0.4, 0.5) is 0 Å². The summed E-state index contributed by atoms with van der Waals surface area (Å²) in [6.07, 6.45) is 0. The largest absolute Gasteiger partial charge is 0.493 e. The zero-order valence-corrected chi connectivity index (χ0v) is 18.7. The first kappa shape index (κ1) is 20.4. The van der Waals surface area contributed by atoms with Crippen LogP contribution in [0.3, 0.4) is 0 Å². The molecule has 7 heteroatoms. The first-order chi connectivity index (χ1) is 16.6. The lowest BCUT2D eigenvalue weighted by Gasteiger charge is -2.16. The number of cyclic esters (lactones) is 1. The van der Waals surface area contributed by atoms with Crippen molar-refractivity contribution in [1.82, 2.24) is 4.98 Å². The van der Waals surface area contributed by atoms with E-state index in [1.807, 2.05) is 49.4 Å². The minimum atomic E-state index is -0.393. The SMILES string of the molecule is COc1cc2c(-c3ccc4c(c3)OCO4)c3c(nc2cc1OCc1ccc(C)cc1)COC3=O. The molecule has 3 aromatic carbocycles. The quantitative estimate of drug-likeness (QED) is 0.383. The number of hydrogen-bond acceptors (Lipinski definition) is 7. The zero-order valence-electron chi connectivity index (χ0n) is 18.7. The second kappa shape index (κ2) is 7.95. The van der Waals surface area contributed by atoms with Gasteiger partial charge in [0.25, 0.3) is 0 Å². The number of aromatic nitrogens is 1. The lowest BCUT2D eigenvalue weighted by Crippen LogP contribution is -2.02. The average Bonchev–Trinajstić information content (AvgIpc) is 3.47. The van der Waals surface area contributed by atoms with Gasteiger partial charge in [0.15, 0.2) is 23.0 Å². The Kier molecular flexibility index (Phi) is 4.76. The van der Waals surface area contributed by atoms with Gasteiger partial charge < -0.3 is 23.7 Å². The number of methoxy groups -OCH3 is 1. The molecule has 0 spiro atoms. The highest BCUT2D eigenvalue weighted by atomic mass is 16.7. The van der Waals surface area contributed by atoms with Gasteiger partial charge in [0, 0.05) is 17.0 Å². The van der Waals surface area contributed by atoms with Crippen molar-refractivity contribution < 1.29 is 28.5 Å². The maximum Gasteiger partial charge on any atom is 0.341 e. The highest BCUT2D eigenvalue weighted by Gasteiger charge is 2.30. The van der Waals surface area contributed by atoms with Gasteiger partial charge in [-0.2, -0.15) is 0 Å². The van der Waals surface area contributed by atoms with E-state index in [0.717, 1.165) is 22.1 Å². The number of rotatable bonds is 5. The third-order valence-corrected chi connectivity index (χ3v) is 6.07. The molecule has 0 N–H and O–H groups in total. The Bertz CT molecular complexity index is 1440. The summed E-state index contributed by atoms with van der Waals surface area (Å²) in [4.78, 5) is 17.4. The number of nitrogens with zero attached hydrogens (tertiary/aromatic N) is 1. The van der Waals surface area contributed by atoms with Crippen molar-refractivity contribution in [1.29, 1.82) is 0 Å². The van der Waals surface area contributed by atoms with E-state index < -0.39 is 5.97 Å². The topological polar surface area (TPSA) is 76.1 Å². The Hall–Kier alpha value is -4.26. The molecule has 0 fully saturated rings. The van der Waals surface area contributed by atoms with Crippen LogP contribution in [0.1, 0.15) is 27.2 Å². The van der Waals surface area contributed by atoms with Crippen molar-refractivity contribution in [2.45, 2.75) is 20.1 Å². The van der Waals surface area contributed by atoms with Crippen LogP contribution in [-0.4, -0.2) is 24.9 Å². The van der Waals surface area contributed by atoms with Gasteiger partial charge in [-0.3, -0.25) is 0 Å². The van der Waals surface area contributed by atoms with Gasteiger partial charge in [0.05, 0.1) is 23.9 Å². The van der Waals surface area contributed by atoms with Gasteiger partial charge in [0.1, 0.15) is 13.2 Å². The molecule has 0 saturated heterocycles. The van der Waals surface area contributed by atoms with E-state index in [2.05, 4.69) is 12.1 Å². The van der Waals surface area contributed by atoms with Crippen molar-refractivity contribution in [3.05, 3.63) is 77.0 Å². The Morgan fingerprint density at radius 2 is 1.74 bits per heavy atom. The minimum absolute atomic E-state index is 0.132. The van der Waals surface area contributed by atoms with Crippen molar-refractivity contribution in [2.75, 3.05) is 13.9 Å². The lowest BCUT2D eigenvalue weighted by atomic mass is 9.94. The number of pyridine rings is 1. The van der Waals surface area contributed by atoms with Gasteiger partial charge in [-0.05, 0) is 36.2 Å². The van der Waals surface area contributed by atoms with Crippen LogP contribution >= 0.6 is 0 Å². The lowest BCUT2D eigenvalue weighted by molar-refractivity contribution is 0.0534. The molecule has 4 aromatic rings. The molecule has 7 nitrogen and oxygen atoms in total. The van der Waals surface area contributed by atoms with Crippen molar-refractivity contribution >= 4 is 16.9 Å². The van der Waals surface area contributed by atoms with E-state index in [1.54, 1.807) is 7.11 Å². The summed E-state index contributed by atoms with van der Waals surface area (Å²) in [5.41, 5.74) is 5.52. The summed E-state index contributed by atoms with van der Waals surface area (Å²) in [6, 6.07) is 17.5. The molecule has 6 rings (SSSR count). The van der Waals surface area contributed by atoms with E-state index in [-0.39, 0.29) is 13.4 Å². The summed E-state index contributed by atoms with van der Waals surface area (Å²) in [7, 11) is 1.59. The number of ether oxygens (including phenoxy) is 5. The molecule has 0 radical (unpaired) electrons. The van der Waals surface area contributed by atoms with E-state index in [9.17, 15) is 4.79 Å². The van der Waals surface area contributed by atoms with Crippen LogP contribution in [0, 0.1) is 6.92 Å². The van der Waals surface area contributed by atoms with Crippen LogP contribution < -0.4 is 18.9 Å². The third-order valence-electron chi connectivity index (χ3n) is 6.07. The monoisotopic (exact) mass is 455 g/mol. The van der Waals surface area contributed by atoms with Gasteiger partial charge in [-0.1, -0.05) is 35.9 Å². The van der Waals surface area contributed by atoms with E-state index in [0.29, 0.717) is 46.4 Å². The van der Waals surface area contributed by atoms with Crippen LogP contribution in [0.2, 0.25) is 0 Å². The normalized spacial score (nSPS) is 13.6. The molecule has 170 valence electrons. The predicted octanol–water partition coefficient (Wildman–Crippen LogP) is 5.20. The third kappa shape index (κ3) is 3.37. The first-order valence-electron chi connectivity index (χ1n) is 10.9. The minimum Gasteiger partial charge on any atom is -0.493 e. The van der Waals surface area contributed by atoms with E-state index in [1.165, 1.54) is 5.56 Å². The van der Waals surface area contributed by atoms with Crippen molar-refractivity contribution in [3.8, 4) is 34.1 Å². The Labute approximate surface area is 195 Å². The summed E-state index contributed by atoms with van der Waals surface area (Å²) in [6.45, 7) is 2.75. The molecule has 1 aromatic heterocycles. The number of aryl methyl sites for hydroxylation is 1. The maximum absolute atomic E-state index is 12.7. The van der Waals surface area contributed by atoms with E-state index in [4.69, 9.17) is 28.7 Å². The number of carbonyl (C=O) groups excluding carboxylic acids is 1. The van der Waals surface area contributed by atoms with Crippen molar-refractivity contribution in [2.24, 2.45) is 0 Å². The molecule has 0 aliphatic carbocycles. The van der Waals surface area contributed by atoms with Crippen LogP contribution in [0.5, 0.6) is 23.0 Å². The fraction of sp³-hybridized carbons (Fsp3) is 0.185. The Morgan fingerprint density at radius 1 is 0.912 bits per heavy atom. The summed E-state index contributed by atoms with van der Waals surface area (Å²) < 4.78 is 28.1. The Morgan fingerprint density at radius 3 is 2.56 bits per heavy atom. The molecule has 34 heavy (non-hydrogen) atoms. The molecule has 3 heterocycles. The van der Waals surface area contributed by atoms with Gasteiger partial charge in [-0.25, -0.2) is 9.78 Å². The first-order valence-corrected chi connectivity index (χ1v) is 10.9. The zero-order chi connectivity index (χ0) is 23.2. The van der Waals surface area contributed by atoms with Crippen LogP contribution in [0.15, 0.2) is 54.6 Å². The molecule has 0 unspecified atom stereocenters. The average molecular weight is 455 g/mol. The highest BCUT2D eigenvalue weighted by Crippen LogP contribution is 2.44. The number of carbonyl (C=O) groups is 1. The van der Waals surface area contributed by atoms with Crippen molar-refractivity contribution in [3.63, 3.8) is 0 Å². The van der Waals surface area contributed by atoms with Gasteiger partial charge in [-0.15, -0.1) is 0 Å².